The average Bonchev–Trinajstić information content (AvgIpc) is 3.27. The van der Waals surface area contributed by atoms with Crippen LogP contribution in [0, 0.1) is 6.92 Å². The van der Waals surface area contributed by atoms with E-state index in [1.165, 1.54) is 0 Å². The molecular formula is C25H24N4O2. The first kappa shape index (κ1) is 19.5. The molecule has 1 fully saturated rings. The first-order valence-electron chi connectivity index (χ1n) is 10.6. The second-order valence-electron chi connectivity index (χ2n) is 7.98. The summed E-state index contributed by atoms with van der Waals surface area (Å²) in [6, 6.07) is 22.0. The molecule has 5 rings (SSSR count). The summed E-state index contributed by atoms with van der Waals surface area (Å²) in [6.07, 6.45) is 0. The van der Waals surface area contributed by atoms with Crippen LogP contribution in [0.15, 0.2) is 71.3 Å². The van der Waals surface area contributed by atoms with Gasteiger partial charge in [0.05, 0.1) is 6.54 Å². The Labute approximate surface area is 181 Å². The standard InChI is InChI=1S/C25H24N4O2/c1-18-9-11-20(12-10-18)25(30)29-15-13-28(14-16-29)17-23-26-24(31-27-23)22-8-4-6-19-5-2-3-7-21(19)22/h2-12H,13-17H2,1H3. The lowest BCUT2D eigenvalue weighted by molar-refractivity contribution is 0.0624. The Morgan fingerprint density at radius 2 is 1.68 bits per heavy atom. The van der Waals surface area contributed by atoms with E-state index in [9.17, 15) is 4.79 Å². The molecule has 0 unspecified atom stereocenters. The Morgan fingerprint density at radius 1 is 0.935 bits per heavy atom. The Hall–Kier alpha value is -3.51. The summed E-state index contributed by atoms with van der Waals surface area (Å²) in [5, 5.41) is 6.44. The van der Waals surface area contributed by atoms with E-state index in [4.69, 9.17) is 4.52 Å². The summed E-state index contributed by atoms with van der Waals surface area (Å²) in [5.74, 6) is 1.30. The summed E-state index contributed by atoms with van der Waals surface area (Å²) < 4.78 is 5.57. The van der Waals surface area contributed by atoms with E-state index in [0.717, 1.165) is 40.6 Å². The number of fused-ring (bicyclic) bond motifs is 1. The van der Waals surface area contributed by atoms with Crippen molar-refractivity contribution in [1.82, 2.24) is 19.9 Å². The summed E-state index contributed by atoms with van der Waals surface area (Å²) >= 11 is 0. The lowest BCUT2D eigenvalue weighted by Crippen LogP contribution is -2.48. The molecule has 2 heterocycles. The van der Waals surface area contributed by atoms with E-state index in [1.807, 2.05) is 60.4 Å². The number of nitrogens with zero attached hydrogens (tertiary/aromatic N) is 4. The first-order chi connectivity index (χ1) is 15.2. The first-order valence-corrected chi connectivity index (χ1v) is 10.6. The zero-order valence-electron chi connectivity index (χ0n) is 17.5. The van der Waals surface area contributed by atoms with Gasteiger partial charge in [-0.15, -0.1) is 0 Å². The van der Waals surface area contributed by atoms with E-state index in [0.29, 0.717) is 31.3 Å². The molecule has 1 aromatic heterocycles. The third-order valence-corrected chi connectivity index (χ3v) is 5.81. The molecule has 0 saturated carbocycles. The zero-order valence-corrected chi connectivity index (χ0v) is 17.5. The van der Waals surface area contributed by atoms with Crippen LogP contribution in [0.2, 0.25) is 0 Å². The Balaban J connectivity index is 1.23. The molecule has 6 heteroatoms. The minimum atomic E-state index is 0.0949. The van der Waals surface area contributed by atoms with Gasteiger partial charge in [0.1, 0.15) is 0 Å². The topological polar surface area (TPSA) is 62.5 Å². The molecule has 4 aromatic rings. The average molecular weight is 412 g/mol. The monoisotopic (exact) mass is 412 g/mol. The number of rotatable bonds is 4. The number of carbonyl (C=O) groups excluding carboxylic acids is 1. The highest BCUT2D eigenvalue weighted by Gasteiger charge is 2.23. The van der Waals surface area contributed by atoms with Crippen LogP contribution in [0.1, 0.15) is 21.7 Å². The van der Waals surface area contributed by atoms with E-state index < -0.39 is 0 Å². The summed E-state index contributed by atoms with van der Waals surface area (Å²) in [5.41, 5.74) is 2.85. The zero-order chi connectivity index (χ0) is 21.2. The SMILES string of the molecule is Cc1ccc(C(=O)N2CCN(Cc3noc(-c4cccc5ccccc45)n3)CC2)cc1. The summed E-state index contributed by atoms with van der Waals surface area (Å²) in [6.45, 7) is 5.60. The van der Waals surface area contributed by atoms with Gasteiger partial charge in [-0.2, -0.15) is 4.98 Å². The summed E-state index contributed by atoms with van der Waals surface area (Å²) in [4.78, 5) is 21.5. The predicted molar refractivity (Wildman–Crippen MR) is 120 cm³/mol. The highest BCUT2D eigenvalue weighted by molar-refractivity contribution is 5.95. The highest BCUT2D eigenvalue weighted by Crippen LogP contribution is 2.27. The molecule has 31 heavy (non-hydrogen) atoms. The number of carbonyl (C=O) groups is 1. The molecule has 6 nitrogen and oxygen atoms in total. The van der Waals surface area contributed by atoms with E-state index >= 15 is 0 Å². The smallest absolute Gasteiger partial charge is 0.258 e. The van der Waals surface area contributed by atoms with Gasteiger partial charge in [0.15, 0.2) is 5.82 Å². The molecule has 1 aliphatic rings. The largest absolute Gasteiger partial charge is 0.336 e. The molecule has 0 atom stereocenters. The van der Waals surface area contributed by atoms with Crippen LogP contribution in [-0.2, 0) is 6.54 Å². The number of hydrogen-bond donors (Lipinski definition) is 0. The van der Waals surface area contributed by atoms with Crippen LogP contribution in [0.3, 0.4) is 0 Å². The van der Waals surface area contributed by atoms with Gasteiger partial charge in [0, 0.05) is 37.3 Å². The van der Waals surface area contributed by atoms with E-state index in [-0.39, 0.29) is 5.91 Å². The fourth-order valence-electron chi connectivity index (χ4n) is 4.03. The maximum Gasteiger partial charge on any atom is 0.258 e. The van der Waals surface area contributed by atoms with Crippen molar-refractivity contribution < 1.29 is 9.32 Å². The van der Waals surface area contributed by atoms with Crippen molar-refractivity contribution >= 4 is 16.7 Å². The van der Waals surface area contributed by atoms with Gasteiger partial charge in [-0.1, -0.05) is 59.3 Å². The lowest BCUT2D eigenvalue weighted by Gasteiger charge is -2.34. The van der Waals surface area contributed by atoms with E-state index in [2.05, 4.69) is 33.2 Å². The normalized spacial score (nSPS) is 14.8. The molecule has 3 aromatic carbocycles. The van der Waals surface area contributed by atoms with Crippen molar-refractivity contribution in [3.05, 3.63) is 83.7 Å². The van der Waals surface area contributed by atoms with Crippen LogP contribution < -0.4 is 0 Å². The maximum atomic E-state index is 12.7. The minimum absolute atomic E-state index is 0.0949. The van der Waals surface area contributed by atoms with Crippen LogP contribution >= 0.6 is 0 Å². The van der Waals surface area contributed by atoms with Crippen molar-refractivity contribution in [2.75, 3.05) is 26.2 Å². The van der Waals surface area contributed by atoms with Crippen LogP contribution in [-0.4, -0.2) is 52.0 Å². The number of aromatic nitrogens is 2. The van der Waals surface area contributed by atoms with Gasteiger partial charge >= 0.3 is 0 Å². The third-order valence-electron chi connectivity index (χ3n) is 5.81. The molecule has 1 amide bonds. The van der Waals surface area contributed by atoms with Crippen LogP contribution in [0.25, 0.3) is 22.2 Å². The molecule has 0 bridgehead atoms. The minimum Gasteiger partial charge on any atom is -0.336 e. The van der Waals surface area contributed by atoms with Gasteiger partial charge < -0.3 is 9.42 Å². The fourth-order valence-corrected chi connectivity index (χ4v) is 4.03. The Morgan fingerprint density at radius 3 is 2.48 bits per heavy atom. The molecule has 0 radical (unpaired) electrons. The lowest BCUT2D eigenvalue weighted by atomic mass is 10.0. The molecule has 1 saturated heterocycles. The predicted octanol–water partition coefficient (Wildman–Crippen LogP) is 4.16. The van der Waals surface area contributed by atoms with Gasteiger partial charge in [0.2, 0.25) is 0 Å². The van der Waals surface area contributed by atoms with Crippen molar-refractivity contribution in [3.8, 4) is 11.5 Å². The maximum absolute atomic E-state index is 12.7. The highest BCUT2D eigenvalue weighted by atomic mass is 16.5. The van der Waals surface area contributed by atoms with Gasteiger partial charge in [-0.05, 0) is 35.9 Å². The number of hydrogen-bond acceptors (Lipinski definition) is 5. The molecule has 0 spiro atoms. The Bertz CT molecular complexity index is 1200. The third kappa shape index (κ3) is 4.07. The van der Waals surface area contributed by atoms with Crippen molar-refractivity contribution in [2.45, 2.75) is 13.5 Å². The number of aryl methyl sites for hydroxylation is 1. The molecule has 156 valence electrons. The van der Waals surface area contributed by atoms with Crippen molar-refractivity contribution in [1.29, 1.82) is 0 Å². The van der Waals surface area contributed by atoms with Crippen LogP contribution in [0.5, 0.6) is 0 Å². The number of piperazine rings is 1. The van der Waals surface area contributed by atoms with Crippen molar-refractivity contribution in [3.63, 3.8) is 0 Å². The quantitative estimate of drug-likeness (QED) is 0.504. The molecule has 0 N–H and O–H groups in total. The van der Waals surface area contributed by atoms with Crippen LogP contribution in [0.4, 0.5) is 0 Å². The molecule has 0 aliphatic carbocycles. The van der Waals surface area contributed by atoms with Gasteiger partial charge in [-0.3, -0.25) is 9.69 Å². The van der Waals surface area contributed by atoms with Gasteiger partial charge in [-0.25, -0.2) is 0 Å². The fraction of sp³-hybridized carbons (Fsp3) is 0.240. The molecular weight excluding hydrogens is 388 g/mol. The number of benzene rings is 3. The van der Waals surface area contributed by atoms with E-state index in [1.54, 1.807) is 0 Å². The Kier molecular flexibility index (Phi) is 5.22. The summed E-state index contributed by atoms with van der Waals surface area (Å²) in [7, 11) is 0. The van der Waals surface area contributed by atoms with Crippen molar-refractivity contribution in [2.24, 2.45) is 0 Å². The van der Waals surface area contributed by atoms with Gasteiger partial charge in [0.25, 0.3) is 11.8 Å². The molecule has 1 aliphatic heterocycles. The number of amides is 1. The second kappa shape index (κ2) is 8.32. The second-order valence-corrected chi connectivity index (χ2v) is 7.98.